The van der Waals surface area contributed by atoms with Gasteiger partial charge in [0.25, 0.3) is 0 Å². The summed E-state index contributed by atoms with van der Waals surface area (Å²) in [5.41, 5.74) is 3.23. The van der Waals surface area contributed by atoms with Gasteiger partial charge < -0.3 is 19.9 Å². The van der Waals surface area contributed by atoms with Gasteiger partial charge in [-0.15, -0.1) is 0 Å². The maximum atomic E-state index is 14.3. The van der Waals surface area contributed by atoms with Crippen LogP contribution in [0.1, 0.15) is 36.8 Å². The molecule has 2 aliphatic rings. The number of hydrogen-bond acceptors (Lipinski definition) is 4. The van der Waals surface area contributed by atoms with Gasteiger partial charge in [-0.05, 0) is 55.7 Å². The molecule has 160 valence electrons. The molecule has 5 rings (SSSR count). The zero-order valence-electron chi connectivity index (χ0n) is 17.2. The summed E-state index contributed by atoms with van der Waals surface area (Å²) in [4.78, 5) is 34.4. The van der Waals surface area contributed by atoms with Crippen LogP contribution < -0.4 is 10.2 Å². The lowest BCUT2D eigenvalue weighted by Gasteiger charge is -2.17. The Balaban J connectivity index is 1.29. The molecule has 3 aromatic rings. The van der Waals surface area contributed by atoms with Gasteiger partial charge in [0.1, 0.15) is 17.7 Å². The van der Waals surface area contributed by atoms with Gasteiger partial charge in [0.2, 0.25) is 11.8 Å². The largest absolute Gasteiger partial charge is 0.370 e. The summed E-state index contributed by atoms with van der Waals surface area (Å²) in [5, 5.41) is 2.88. The summed E-state index contributed by atoms with van der Waals surface area (Å²) in [5.74, 6) is -0.725. The van der Waals surface area contributed by atoms with Crippen molar-refractivity contribution in [1.82, 2.24) is 9.97 Å². The molecule has 2 amide bonds. The van der Waals surface area contributed by atoms with Gasteiger partial charge in [-0.25, -0.2) is 9.37 Å². The molecule has 2 aromatic carbocycles. The van der Waals surface area contributed by atoms with Crippen LogP contribution in [0.15, 0.2) is 36.4 Å². The monoisotopic (exact) mass is 422 g/mol. The lowest BCUT2D eigenvalue weighted by molar-refractivity contribution is -0.122. The minimum absolute atomic E-state index is 0.0110. The summed E-state index contributed by atoms with van der Waals surface area (Å²) >= 11 is 0. The van der Waals surface area contributed by atoms with Gasteiger partial charge in [0, 0.05) is 25.3 Å². The highest BCUT2D eigenvalue weighted by Gasteiger charge is 2.36. The van der Waals surface area contributed by atoms with E-state index in [1.54, 1.807) is 25.1 Å². The Morgan fingerprint density at radius 1 is 1.29 bits per heavy atom. The first-order chi connectivity index (χ1) is 15.0. The van der Waals surface area contributed by atoms with Gasteiger partial charge in [0.05, 0.1) is 22.6 Å². The minimum atomic E-state index is -0.548. The highest BCUT2D eigenvalue weighted by Crippen LogP contribution is 2.30. The van der Waals surface area contributed by atoms with E-state index in [1.807, 2.05) is 12.1 Å². The summed E-state index contributed by atoms with van der Waals surface area (Å²) in [6, 6.07) is 10.2. The Hall–Kier alpha value is -3.26. The van der Waals surface area contributed by atoms with Crippen LogP contribution in [0.3, 0.4) is 0 Å². The normalized spacial score (nSPS) is 21.2. The van der Waals surface area contributed by atoms with Crippen LogP contribution in [-0.2, 0) is 14.3 Å². The van der Waals surface area contributed by atoms with Crippen LogP contribution >= 0.6 is 0 Å². The number of H-pyrrole nitrogens is 1. The summed E-state index contributed by atoms with van der Waals surface area (Å²) in [6.07, 6.45) is 2.00. The second-order valence-electron chi connectivity index (χ2n) is 8.21. The topological polar surface area (TPSA) is 87.3 Å². The van der Waals surface area contributed by atoms with E-state index >= 15 is 0 Å². The Morgan fingerprint density at radius 3 is 2.94 bits per heavy atom. The van der Waals surface area contributed by atoms with Crippen molar-refractivity contribution < 1.29 is 18.7 Å². The molecule has 2 N–H and O–H groups in total. The van der Waals surface area contributed by atoms with E-state index in [9.17, 15) is 14.0 Å². The lowest BCUT2D eigenvalue weighted by Crippen LogP contribution is -2.28. The first-order valence-electron chi connectivity index (χ1n) is 10.5. The number of imidazole rings is 1. The van der Waals surface area contributed by atoms with Gasteiger partial charge in [-0.2, -0.15) is 0 Å². The number of nitrogens with zero attached hydrogens (tertiary/aromatic N) is 2. The van der Waals surface area contributed by atoms with E-state index in [0.717, 1.165) is 41.9 Å². The number of halogens is 1. The molecular formula is C23H23FN4O3. The first kappa shape index (κ1) is 19.7. The Bertz CT molecular complexity index is 1170. The fourth-order valence-corrected chi connectivity index (χ4v) is 4.24. The summed E-state index contributed by atoms with van der Waals surface area (Å²) in [6.45, 7) is 2.68. The van der Waals surface area contributed by atoms with Crippen molar-refractivity contribution >= 4 is 34.2 Å². The fourth-order valence-electron chi connectivity index (χ4n) is 4.24. The smallest absolute Gasteiger partial charge is 0.229 e. The first-order valence-corrected chi connectivity index (χ1v) is 10.5. The number of rotatable bonds is 4. The maximum absolute atomic E-state index is 14.3. The molecule has 0 bridgehead atoms. The highest BCUT2D eigenvalue weighted by atomic mass is 19.1. The number of aromatic amines is 1. The van der Waals surface area contributed by atoms with Crippen molar-refractivity contribution in [3.8, 4) is 0 Å². The highest BCUT2D eigenvalue weighted by molar-refractivity contribution is 6.04. The molecule has 0 aliphatic carbocycles. The molecule has 2 aliphatic heterocycles. The van der Waals surface area contributed by atoms with E-state index in [1.165, 1.54) is 11.0 Å². The third kappa shape index (κ3) is 3.79. The van der Waals surface area contributed by atoms with Crippen molar-refractivity contribution in [3.05, 3.63) is 53.6 Å². The van der Waals surface area contributed by atoms with E-state index in [0.29, 0.717) is 5.69 Å². The number of benzene rings is 2. The molecule has 0 saturated carbocycles. The minimum Gasteiger partial charge on any atom is -0.370 e. The number of aromatic nitrogens is 2. The van der Waals surface area contributed by atoms with E-state index < -0.39 is 11.7 Å². The van der Waals surface area contributed by atoms with E-state index in [-0.39, 0.29) is 36.6 Å². The van der Waals surface area contributed by atoms with Crippen molar-refractivity contribution in [3.63, 3.8) is 0 Å². The quantitative estimate of drug-likeness (QED) is 0.669. The van der Waals surface area contributed by atoms with Crippen molar-refractivity contribution in [1.29, 1.82) is 0 Å². The molecule has 3 heterocycles. The number of amides is 2. The van der Waals surface area contributed by atoms with E-state index in [4.69, 9.17) is 4.74 Å². The van der Waals surface area contributed by atoms with Gasteiger partial charge >= 0.3 is 0 Å². The van der Waals surface area contributed by atoms with Crippen LogP contribution in [0.5, 0.6) is 0 Å². The number of ether oxygens (including phenoxy) is 1. The number of carbonyl (C=O) groups is 2. The lowest BCUT2D eigenvalue weighted by atomic mass is 10.1. The molecule has 2 saturated heterocycles. The number of hydrogen-bond donors (Lipinski definition) is 2. The zero-order valence-corrected chi connectivity index (χ0v) is 17.2. The summed E-state index contributed by atoms with van der Waals surface area (Å²) < 4.78 is 20.0. The average molecular weight is 422 g/mol. The molecular weight excluding hydrogens is 399 g/mol. The number of aryl methyl sites for hydroxylation is 1. The Morgan fingerprint density at radius 2 is 2.16 bits per heavy atom. The average Bonchev–Trinajstić information content (AvgIpc) is 3.47. The van der Waals surface area contributed by atoms with Crippen LogP contribution in [-0.4, -0.2) is 34.9 Å². The summed E-state index contributed by atoms with van der Waals surface area (Å²) in [7, 11) is 0. The molecule has 31 heavy (non-hydrogen) atoms. The SMILES string of the molecule is Cc1ccc(N2CC(C(=O)Nc3ccc4nc(C5CCCO5)[nH]c4c3)CC2=O)c(F)c1. The number of nitrogens with one attached hydrogen (secondary N) is 2. The number of carbonyl (C=O) groups excluding carboxylic acids is 2. The molecule has 8 heteroatoms. The predicted octanol–water partition coefficient (Wildman–Crippen LogP) is 3.85. The van der Waals surface area contributed by atoms with E-state index in [2.05, 4.69) is 15.3 Å². The van der Waals surface area contributed by atoms with Gasteiger partial charge in [-0.3, -0.25) is 9.59 Å². The maximum Gasteiger partial charge on any atom is 0.229 e. The Kier molecular flexibility index (Phi) is 4.94. The van der Waals surface area contributed by atoms with Crippen LogP contribution in [0, 0.1) is 18.7 Å². The number of anilines is 2. The van der Waals surface area contributed by atoms with Crippen molar-refractivity contribution in [2.75, 3.05) is 23.4 Å². The van der Waals surface area contributed by atoms with Crippen LogP contribution in [0.2, 0.25) is 0 Å². The van der Waals surface area contributed by atoms with Crippen LogP contribution in [0.25, 0.3) is 11.0 Å². The molecule has 7 nitrogen and oxygen atoms in total. The van der Waals surface area contributed by atoms with Gasteiger partial charge in [0.15, 0.2) is 0 Å². The fraction of sp³-hybridized carbons (Fsp3) is 0.348. The Labute approximate surface area is 178 Å². The van der Waals surface area contributed by atoms with Crippen molar-refractivity contribution in [2.45, 2.75) is 32.3 Å². The molecule has 1 aromatic heterocycles. The third-order valence-electron chi connectivity index (χ3n) is 5.89. The zero-order chi connectivity index (χ0) is 21.5. The molecule has 2 unspecified atom stereocenters. The number of fused-ring (bicyclic) bond motifs is 1. The molecule has 0 spiro atoms. The second-order valence-corrected chi connectivity index (χ2v) is 8.21. The third-order valence-corrected chi connectivity index (χ3v) is 5.89. The molecule has 2 fully saturated rings. The van der Waals surface area contributed by atoms with Gasteiger partial charge in [-0.1, -0.05) is 6.07 Å². The van der Waals surface area contributed by atoms with Crippen molar-refractivity contribution in [2.24, 2.45) is 5.92 Å². The predicted molar refractivity (Wildman–Crippen MR) is 114 cm³/mol. The second kappa shape index (κ2) is 7.77. The molecule has 0 radical (unpaired) electrons. The molecule has 2 atom stereocenters. The standard InChI is InChI=1S/C23H23FN4O3/c1-13-4-7-19(16(24)9-13)28-12-14(10-21(28)29)23(30)25-15-5-6-17-18(11-15)27-22(26-17)20-3-2-8-31-20/h4-7,9,11,14,20H,2-3,8,10,12H2,1H3,(H,25,30)(H,26,27). The van der Waals surface area contributed by atoms with Crippen LogP contribution in [0.4, 0.5) is 15.8 Å².